The molecule has 0 N–H and O–H groups in total. The van der Waals surface area contributed by atoms with E-state index < -0.39 is 5.41 Å². The molecule has 0 bridgehead atoms. The molecule has 0 saturated carbocycles. The lowest BCUT2D eigenvalue weighted by Gasteiger charge is -2.47. The van der Waals surface area contributed by atoms with E-state index in [-0.39, 0.29) is 5.41 Å². The summed E-state index contributed by atoms with van der Waals surface area (Å²) in [6.45, 7) is 4.71. The number of hydrogen-bond acceptors (Lipinski definition) is 2. The zero-order valence-electron chi connectivity index (χ0n) is 30.5. The van der Waals surface area contributed by atoms with Crippen molar-refractivity contribution in [2.45, 2.75) is 24.7 Å². The van der Waals surface area contributed by atoms with E-state index in [0.717, 1.165) is 28.4 Å². The fourth-order valence-corrected chi connectivity index (χ4v) is 9.30. The molecule has 8 aromatic rings. The van der Waals surface area contributed by atoms with Crippen LogP contribution in [0, 0.1) is 0 Å². The van der Waals surface area contributed by atoms with E-state index in [1.54, 1.807) is 0 Å². The Balaban J connectivity index is 1.26. The quantitative estimate of drug-likeness (QED) is 0.171. The number of anilines is 6. The summed E-state index contributed by atoms with van der Waals surface area (Å²) in [6.07, 6.45) is 0. The van der Waals surface area contributed by atoms with Gasteiger partial charge in [-0.3, -0.25) is 0 Å². The van der Waals surface area contributed by atoms with E-state index in [9.17, 15) is 0 Å². The first-order valence-corrected chi connectivity index (χ1v) is 18.9. The Morgan fingerprint density at radius 1 is 0.370 bits per heavy atom. The van der Waals surface area contributed by atoms with Gasteiger partial charge < -0.3 is 9.80 Å². The summed E-state index contributed by atoms with van der Waals surface area (Å²) < 4.78 is 0. The van der Waals surface area contributed by atoms with Gasteiger partial charge in [-0.15, -0.1) is 0 Å². The standard InChI is InChI=1S/C52H40N2/c1-51(2)45-28-16-15-27-43(45)44-33-31-41(35-48(44)51)53(39-23-11-5-12-24-39)42-32-34-47-50(36-42)54(40-25-13-6-14-26-40)49-30-18-17-29-46(49)52(47,37-19-7-3-8-20-37)38-21-9-4-10-22-38/h3-36H,1-2H3. The first-order chi connectivity index (χ1) is 26.6. The molecule has 2 heteroatoms. The third-order valence-corrected chi connectivity index (χ3v) is 11.7. The zero-order valence-corrected chi connectivity index (χ0v) is 30.5. The number of fused-ring (bicyclic) bond motifs is 5. The van der Waals surface area contributed by atoms with Crippen LogP contribution < -0.4 is 9.80 Å². The van der Waals surface area contributed by atoms with Crippen LogP contribution in [0.2, 0.25) is 0 Å². The number of rotatable bonds is 6. The minimum atomic E-state index is -0.556. The summed E-state index contributed by atoms with van der Waals surface area (Å²) in [7, 11) is 0. The number of hydrogen-bond donors (Lipinski definition) is 0. The molecule has 0 atom stereocenters. The van der Waals surface area contributed by atoms with Gasteiger partial charge in [0.05, 0.1) is 16.8 Å². The SMILES string of the molecule is CC1(C)c2ccccc2-c2ccc(N(c3ccccc3)c3ccc4c(c3)N(c3ccccc3)c3ccccc3C4(c3ccccc3)c3ccccc3)cc21. The molecular weight excluding hydrogens is 653 g/mol. The fourth-order valence-electron chi connectivity index (χ4n) is 9.30. The van der Waals surface area contributed by atoms with Gasteiger partial charge in [0, 0.05) is 28.2 Å². The molecular formula is C52H40N2. The first-order valence-electron chi connectivity index (χ1n) is 18.9. The van der Waals surface area contributed by atoms with E-state index in [2.05, 4.69) is 230 Å². The second kappa shape index (κ2) is 12.5. The molecule has 0 saturated heterocycles. The second-order valence-corrected chi connectivity index (χ2v) is 14.9. The molecule has 0 fully saturated rings. The molecule has 258 valence electrons. The van der Waals surface area contributed by atoms with E-state index in [1.165, 1.54) is 50.2 Å². The molecule has 8 aromatic carbocycles. The third-order valence-electron chi connectivity index (χ3n) is 11.7. The van der Waals surface area contributed by atoms with Crippen LogP contribution in [0.25, 0.3) is 11.1 Å². The predicted octanol–water partition coefficient (Wildman–Crippen LogP) is 13.6. The van der Waals surface area contributed by atoms with Crippen LogP contribution in [0.1, 0.15) is 47.2 Å². The molecule has 1 aliphatic carbocycles. The van der Waals surface area contributed by atoms with Gasteiger partial charge in [0.25, 0.3) is 0 Å². The summed E-state index contributed by atoms with van der Waals surface area (Å²) in [6, 6.07) is 75.7. The maximum absolute atomic E-state index is 2.46. The number of nitrogens with zero attached hydrogens (tertiary/aromatic N) is 2. The fraction of sp³-hybridized carbons (Fsp3) is 0.0769. The van der Waals surface area contributed by atoms with Crippen LogP contribution >= 0.6 is 0 Å². The van der Waals surface area contributed by atoms with Crippen molar-refractivity contribution < 1.29 is 0 Å². The Morgan fingerprint density at radius 3 is 1.56 bits per heavy atom. The Kier molecular flexibility index (Phi) is 7.42. The van der Waals surface area contributed by atoms with Crippen LogP contribution in [0.4, 0.5) is 34.1 Å². The van der Waals surface area contributed by atoms with E-state index in [4.69, 9.17) is 0 Å². The summed E-state index contributed by atoms with van der Waals surface area (Å²) >= 11 is 0. The van der Waals surface area contributed by atoms with E-state index in [1.807, 2.05) is 0 Å². The largest absolute Gasteiger partial charge is 0.310 e. The first kappa shape index (κ1) is 32.0. The van der Waals surface area contributed by atoms with Crippen molar-refractivity contribution in [3.8, 4) is 11.1 Å². The molecule has 54 heavy (non-hydrogen) atoms. The van der Waals surface area contributed by atoms with Crippen LogP contribution in [-0.2, 0) is 10.8 Å². The summed E-state index contributed by atoms with van der Waals surface area (Å²) in [5.41, 5.74) is 16.5. The number of benzene rings is 8. The second-order valence-electron chi connectivity index (χ2n) is 14.9. The van der Waals surface area contributed by atoms with Gasteiger partial charge in [-0.1, -0.05) is 166 Å². The van der Waals surface area contributed by atoms with Gasteiger partial charge in [0.15, 0.2) is 0 Å². The van der Waals surface area contributed by atoms with Crippen molar-refractivity contribution in [2.75, 3.05) is 9.80 Å². The molecule has 0 unspecified atom stereocenters. The lowest BCUT2D eigenvalue weighted by molar-refractivity contribution is 0.660. The average Bonchev–Trinajstić information content (AvgIpc) is 3.46. The number of para-hydroxylation sites is 3. The lowest BCUT2D eigenvalue weighted by atomic mass is 9.62. The maximum atomic E-state index is 2.46. The topological polar surface area (TPSA) is 6.48 Å². The lowest BCUT2D eigenvalue weighted by Crippen LogP contribution is -2.37. The Bertz CT molecular complexity index is 2590. The van der Waals surface area contributed by atoms with Gasteiger partial charge in [0.1, 0.15) is 0 Å². The molecule has 0 radical (unpaired) electrons. The molecule has 1 heterocycles. The van der Waals surface area contributed by atoms with Gasteiger partial charge in [-0.2, -0.15) is 0 Å². The van der Waals surface area contributed by atoms with Crippen LogP contribution in [0.5, 0.6) is 0 Å². The molecule has 2 aliphatic rings. The Hall–Kier alpha value is -6.64. The maximum Gasteiger partial charge on any atom is 0.0742 e. The van der Waals surface area contributed by atoms with Gasteiger partial charge in [0.2, 0.25) is 0 Å². The summed E-state index contributed by atoms with van der Waals surface area (Å²) in [5.74, 6) is 0. The smallest absolute Gasteiger partial charge is 0.0742 e. The van der Waals surface area contributed by atoms with Crippen molar-refractivity contribution in [1.82, 2.24) is 0 Å². The summed E-state index contributed by atoms with van der Waals surface area (Å²) in [4.78, 5) is 4.89. The average molecular weight is 693 g/mol. The van der Waals surface area contributed by atoms with Gasteiger partial charge >= 0.3 is 0 Å². The van der Waals surface area contributed by atoms with Crippen molar-refractivity contribution in [3.05, 3.63) is 240 Å². The monoisotopic (exact) mass is 692 g/mol. The van der Waals surface area contributed by atoms with Crippen molar-refractivity contribution in [1.29, 1.82) is 0 Å². The highest BCUT2D eigenvalue weighted by atomic mass is 15.2. The molecule has 0 aromatic heterocycles. The normalized spacial score (nSPS) is 14.4. The van der Waals surface area contributed by atoms with Crippen LogP contribution in [0.15, 0.2) is 206 Å². The van der Waals surface area contributed by atoms with Gasteiger partial charge in [-0.25, -0.2) is 0 Å². The minimum absolute atomic E-state index is 0.112. The highest BCUT2D eigenvalue weighted by Gasteiger charge is 2.46. The molecule has 2 nitrogen and oxygen atoms in total. The molecule has 0 amide bonds. The predicted molar refractivity (Wildman–Crippen MR) is 225 cm³/mol. The Labute approximate surface area is 318 Å². The molecule has 1 aliphatic heterocycles. The van der Waals surface area contributed by atoms with Crippen molar-refractivity contribution >= 4 is 34.1 Å². The molecule has 10 rings (SSSR count). The van der Waals surface area contributed by atoms with Crippen LogP contribution in [0.3, 0.4) is 0 Å². The van der Waals surface area contributed by atoms with E-state index >= 15 is 0 Å². The van der Waals surface area contributed by atoms with Crippen LogP contribution in [-0.4, -0.2) is 0 Å². The minimum Gasteiger partial charge on any atom is -0.310 e. The van der Waals surface area contributed by atoms with Gasteiger partial charge in [-0.05, 0) is 99.1 Å². The highest BCUT2D eigenvalue weighted by Crippen LogP contribution is 2.59. The third kappa shape index (κ3) is 4.73. The zero-order chi connectivity index (χ0) is 36.3. The van der Waals surface area contributed by atoms with Crippen molar-refractivity contribution in [3.63, 3.8) is 0 Å². The molecule has 0 spiro atoms. The Morgan fingerprint density at radius 2 is 0.870 bits per heavy atom. The highest BCUT2D eigenvalue weighted by molar-refractivity contribution is 5.93. The van der Waals surface area contributed by atoms with Crippen molar-refractivity contribution in [2.24, 2.45) is 0 Å². The summed E-state index contributed by atoms with van der Waals surface area (Å²) in [5, 5.41) is 0. The van der Waals surface area contributed by atoms with E-state index in [0.29, 0.717) is 0 Å².